The minimum Gasteiger partial charge on any atom is -0.379 e. The summed E-state index contributed by atoms with van der Waals surface area (Å²) in [7, 11) is 0. The molecule has 0 spiro atoms. The number of morpholine rings is 1. The van der Waals surface area contributed by atoms with Crippen LogP contribution in [0.5, 0.6) is 0 Å². The van der Waals surface area contributed by atoms with Crippen molar-refractivity contribution < 1.29 is 9.53 Å². The molecule has 0 aliphatic carbocycles. The van der Waals surface area contributed by atoms with Crippen molar-refractivity contribution in [2.75, 3.05) is 39.4 Å². The molecule has 1 amide bonds. The third-order valence-corrected chi connectivity index (χ3v) is 5.60. The van der Waals surface area contributed by atoms with Crippen LogP contribution in [0, 0.1) is 13.8 Å². The summed E-state index contributed by atoms with van der Waals surface area (Å²) in [5, 5.41) is 11.6. The summed E-state index contributed by atoms with van der Waals surface area (Å²) in [6, 6.07) is 14.2. The van der Waals surface area contributed by atoms with Crippen molar-refractivity contribution in [3.63, 3.8) is 0 Å². The summed E-state index contributed by atoms with van der Waals surface area (Å²) in [5.74, 6) is -0.0559. The van der Waals surface area contributed by atoms with Crippen molar-refractivity contribution in [1.82, 2.24) is 25.2 Å². The van der Waals surface area contributed by atoms with Gasteiger partial charge in [0, 0.05) is 37.3 Å². The summed E-state index contributed by atoms with van der Waals surface area (Å²) < 4.78 is 7.19. The van der Waals surface area contributed by atoms with Crippen LogP contribution in [0.4, 0.5) is 0 Å². The van der Waals surface area contributed by atoms with E-state index in [0.717, 1.165) is 49.7 Å². The maximum absolute atomic E-state index is 12.8. The number of amides is 1. The largest absolute Gasteiger partial charge is 0.379 e. The van der Waals surface area contributed by atoms with Gasteiger partial charge in [-0.1, -0.05) is 47.2 Å². The maximum Gasteiger partial charge on any atom is 0.251 e. The van der Waals surface area contributed by atoms with Gasteiger partial charge in [0.2, 0.25) is 0 Å². The van der Waals surface area contributed by atoms with E-state index in [9.17, 15) is 4.79 Å². The Bertz CT molecular complexity index is 1020. The third kappa shape index (κ3) is 5.57. The van der Waals surface area contributed by atoms with E-state index in [1.54, 1.807) is 0 Å². The van der Waals surface area contributed by atoms with Crippen LogP contribution in [0.15, 0.2) is 48.7 Å². The van der Waals surface area contributed by atoms with Gasteiger partial charge < -0.3 is 10.1 Å². The number of rotatable bonds is 7. The monoisotopic (exact) mass is 419 g/mol. The van der Waals surface area contributed by atoms with E-state index in [-0.39, 0.29) is 5.91 Å². The highest BCUT2D eigenvalue weighted by Gasteiger charge is 2.14. The van der Waals surface area contributed by atoms with Crippen molar-refractivity contribution in [1.29, 1.82) is 0 Å². The van der Waals surface area contributed by atoms with E-state index in [1.165, 1.54) is 11.1 Å². The third-order valence-electron chi connectivity index (χ3n) is 5.60. The van der Waals surface area contributed by atoms with E-state index in [4.69, 9.17) is 4.74 Å². The highest BCUT2D eigenvalue weighted by Crippen LogP contribution is 2.21. The Balaban J connectivity index is 1.40. The number of aromatic nitrogens is 3. The summed E-state index contributed by atoms with van der Waals surface area (Å²) in [6.45, 7) is 9.51. The van der Waals surface area contributed by atoms with Gasteiger partial charge in [-0.2, -0.15) is 0 Å². The summed E-state index contributed by atoms with van der Waals surface area (Å²) in [4.78, 5) is 15.1. The van der Waals surface area contributed by atoms with Crippen molar-refractivity contribution in [2.45, 2.75) is 20.4 Å². The van der Waals surface area contributed by atoms with Crippen molar-refractivity contribution in [3.8, 4) is 11.3 Å². The lowest BCUT2D eigenvalue weighted by Crippen LogP contribution is -2.41. The zero-order valence-electron chi connectivity index (χ0n) is 18.2. The molecule has 162 valence electrons. The lowest BCUT2D eigenvalue weighted by Gasteiger charge is -2.26. The molecule has 1 aliphatic heterocycles. The molecule has 0 unspecified atom stereocenters. The number of nitrogens with one attached hydrogen (secondary N) is 1. The molecular formula is C24H29N5O2. The Hall–Kier alpha value is -3.03. The topological polar surface area (TPSA) is 72.3 Å². The van der Waals surface area contributed by atoms with Crippen molar-refractivity contribution in [2.24, 2.45) is 0 Å². The van der Waals surface area contributed by atoms with E-state index in [1.807, 2.05) is 36.0 Å². The van der Waals surface area contributed by atoms with E-state index < -0.39 is 0 Å². The predicted molar refractivity (Wildman–Crippen MR) is 120 cm³/mol. The molecule has 1 fully saturated rings. The molecule has 2 heterocycles. The van der Waals surface area contributed by atoms with Gasteiger partial charge >= 0.3 is 0 Å². The molecule has 1 aromatic heterocycles. The summed E-state index contributed by atoms with van der Waals surface area (Å²) in [6.07, 6.45) is 1.92. The highest BCUT2D eigenvalue weighted by atomic mass is 16.5. The SMILES string of the molecule is Cc1ccc(Cn2cc(-c3ccc(C)c(C(=O)NCCN4CCOCC4)c3)nn2)cc1. The van der Waals surface area contributed by atoms with Crippen LogP contribution in [0.1, 0.15) is 27.0 Å². The fourth-order valence-corrected chi connectivity index (χ4v) is 3.66. The standard InChI is InChI=1S/C24H29N5O2/c1-18-3-6-20(7-4-18)16-29-17-23(26-27-29)21-8-5-19(2)22(15-21)24(30)25-9-10-28-11-13-31-14-12-28/h3-8,15,17H,9-14,16H2,1-2H3,(H,25,30). The molecule has 0 saturated carbocycles. The molecule has 7 nitrogen and oxygen atoms in total. The van der Waals surface area contributed by atoms with Gasteiger partial charge in [0.25, 0.3) is 5.91 Å². The minimum atomic E-state index is -0.0559. The number of nitrogens with zero attached hydrogens (tertiary/aromatic N) is 4. The van der Waals surface area contributed by atoms with Crippen molar-refractivity contribution >= 4 is 5.91 Å². The molecule has 31 heavy (non-hydrogen) atoms. The van der Waals surface area contributed by atoms with Crippen LogP contribution in [-0.4, -0.2) is 65.2 Å². The Morgan fingerprint density at radius 1 is 1.10 bits per heavy atom. The zero-order chi connectivity index (χ0) is 21.6. The first-order valence-corrected chi connectivity index (χ1v) is 10.7. The van der Waals surface area contributed by atoms with Gasteiger partial charge in [-0.05, 0) is 31.0 Å². The molecular weight excluding hydrogens is 390 g/mol. The molecule has 7 heteroatoms. The number of hydrogen-bond acceptors (Lipinski definition) is 5. The van der Waals surface area contributed by atoms with Gasteiger partial charge in [-0.3, -0.25) is 9.69 Å². The Morgan fingerprint density at radius 2 is 1.87 bits per heavy atom. The number of benzene rings is 2. The highest BCUT2D eigenvalue weighted by molar-refractivity contribution is 5.96. The molecule has 4 rings (SSSR count). The number of hydrogen-bond donors (Lipinski definition) is 1. The first-order chi connectivity index (χ1) is 15.1. The Morgan fingerprint density at radius 3 is 2.65 bits per heavy atom. The van der Waals surface area contributed by atoms with Crippen LogP contribution < -0.4 is 5.32 Å². The fourth-order valence-electron chi connectivity index (χ4n) is 3.66. The second-order valence-electron chi connectivity index (χ2n) is 8.03. The van der Waals surface area contributed by atoms with Gasteiger partial charge in [0.1, 0.15) is 5.69 Å². The van der Waals surface area contributed by atoms with Gasteiger partial charge in [-0.15, -0.1) is 5.10 Å². The first-order valence-electron chi connectivity index (χ1n) is 10.7. The number of ether oxygens (including phenoxy) is 1. The minimum absolute atomic E-state index is 0.0559. The smallest absolute Gasteiger partial charge is 0.251 e. The van der Waals surface area contributed by atoms with Crippen LogP contribution in [0.25, 0.3) is 11.3 Å². The number of carbonyl (C=O) groups excluding carboxylic acids is 1. The van der Waals surface area contributed by atoms with Gasteiger partial charge in [0.05, 0.1) is 26.0 Å². The molecule has 0 bridgehead atoms. The lowest BCUT2D eigenvalue weighted by atomic mass is 10.0. The molecule has 1 saturated heterocycles. The van der Waals surface area contributed by atoms with E-state index in [0.29, 0.717) is 18.7 Å². The normalized spacial score (nSPS) is 14.5. The zero-order valence-corrected chi connectivity index (χ0v) is 18.2. The van der Waals surface area contributed by atoms with Crippen LogP contribution in [-0.2, 0) is 11.3 Å². The maximum atomic E-state index is 12.8. The molecule has 3 aromatic rings. The Labute approximate surface area is 183 Å². The number of aryl methyl sites for hydroxylation is 2. The molecule has 1 N–H and O–H groups in total. The molecule has 0 radical (unpaired) electrons. The second kappa shape index (κ2) is 9.85. The van der Waals surface area contributed by atoms with E-state index >= 15 is 0 Å². The molecule has 0 atom stereocenters. The number of carbonyl (C=O) groups is 1. The fraction of sp³-hybridized carbons (Fsp3) is 0.375. The van der Waals surface area contributed by atoms with Crippen LogP contribution in [0.3, 0.4) is 0 Å². The average molecular weight is 420 g/mol. The molecule has 2 aromatic carbocycles. The average Bonchev–Trinajstić information content (AvgIpc) is 3.25. The van der Waals surface area contributed by atoms with E-state index in [2.05, 4.69) is 51.7 Å². The van der Waals surface area contributed by atoms with Crippen LogP contribution >= 0.6 is 0 Å². The van der Waals surface area contributed by atoms with Crippen LogP contribution in [0.2, 0.25) is 0 Å². The summed E-state index contributed by atoms with van der Waals surface area (Å²) in [5.41, 5.74) is 5.67. The molecule has 1 aliphatic rings. The lowest BCUT2D eigenvalue weighted by molar-refractivity contribution is 0.0383. The quantitative estimate of drug-likeness (QED) is 0.638. The predicted octanol–water partition coefficient (Wildman–Crippen LogP) is 2.67. The summed E-state index contributed by atoms with van der Waals surface area (Å²) >= 11 is 0. The van der Waals surface area contributed by atoms with Gasteiger partial charge in [0.15, 0.2) is 0 Å². The Kier molecular flexibility index (Phi) is 6.74. The second-order valence-corrected chi connectivity index (χ2v) is 8.03. The van der Waals surface area contributed by atoms with Gasteiger partial charge in [-0.25, -0.2) is 4.68 Å². The van der Waals surface area contributed by atoms with Crippen molar-refractivity contribution in [3.05, 3.63) is 70.9 Å². The first kappa shape index (κ1) is 21.2.